The fourth-order valence-corrected chi connectivity index (χ4v) is 4.61. The number of aryl methyl sites for hydroxylation is 2. The maximum absolute atomic E-state index is 12.9. The predicted molar refractivity (Wildman–Crippen MR) is 123 cm³/mol. The predicted octanol–water partition coefficient (Wildman–Crippen LogP) is 1.94. The first-order valence-electron chi connectivity index (χ1n) is 11.4. The first kappa shape index (κ1) is 21.5. The summed E-state index contributed by atoms with van der Waals surface area (Å²) in [6.07, 6.45) is 7.01. The molecule has 0 radical (unpaired) electrons. The number of nitrogens with one attached hydrogen (secondary N) is 1. The number of anilines is 1. The molecule has 11 heteroatoms. The minimum atomic E-state index is 0.0867. The van der Waals surface area contributed by atoms with Crippen molar-refractivity contribution in [3.05, 3.63) is 24.5 Å². The smallest absolute Gasteiger partial charge is 0.320 e. The van der Waals surface area contributed by atoms with Gasteiger partial charge in [-0.3, -0.25) is 0 Å². The number of urea groups is 1. The van der Waals surface area contributed by atoms with E-state index < -0.39 is 0 Å². The van der Waals surface area contributed by atoms with Gasteiger partial charge in [-0.05, 0) is 26.7 Å². The standard InChI is InChI=1S/C22H29N9O2/c1-4-31-20(15-9-23-14(2)24-10-15)28-18-19(25-13-26-21(18)31)27-16-5-7-29(11-16)22(32)30-8-6-17(12-30)33-3/h9-10,13,16-17H,4-8,11-12H2,1-3H3,(H,25,26,27)/t16-,17-/m0/s1. The summed E-state index contributed by atoms with van der Waals surface area (Å²) in [6.45, 7) is 7.38. The van der Waals surface area contributed by atoms with Crippen LogP contribution in [0, 0.1) is 6.92 Å². The van der Waals surface area contributed by atoms with Gasteiger partial charge in [-0.2, -0.15) is 0 Å². The van der Waals surface area contributed by atoms with Crippen LogP contribution in [0.25, 0.3) is 22.6 Å². The summed E-state index contributed by atoms with van der Waals surface area (Å²) in [5, 5.41) is 3.51. The molecule has 1 N–H and O–H groups in total. The lowest BCUT2D eigenvalue weighted by Gasteiger charge is -2.24. The van der Waals surface area contributed by atoms with E-state index in [0.717, 1.165) is 36.4 Å². The third kappa shape index (κ3) is 4.08. The zero-order valence-corrected chi connectivity index (χ0v) is 19.2. The molecule has 0 saturated carbocycles. The Morgan fingerprint density at radius 2 is 1.88 bits per heavy atom. The second kappa shape index (κ2) is 8.89. The molecule has 2 aliphatic heterocycles. The Morgan fingerprint density at radius 3 is 2.61 bits per heavy atom. The van der Waals surface area contributed by atoms with E-state index in [0.29, 0.717) is 43.3 Å². The van der Waals surface area contributed by atoms with Gasteiger partial charge in [0.1, 0.15) is 18.0 Å². The quantitative estimate of drug-likeness (QED) is 0.626. The molecular weight excluding hydrogens is 422 g/mol. The van der Waals surface area contributed by atoms with Crippen LogP contribution in [0.3, 0.4) is 0 Å². The van der Waals surface area contributed by atoms with Crippen LogP contribution < -0.4 is 5.32 Å². The molecule has 174 valence electrons. The van der Waals surface area contributed by atoms with E-state index in [4.69, 9.17) is 9.72 Å². The highest BCUT2D eigenvalue weighted by Crippen LogP contribution is 2.27. The molecule has 3 aromatic rings. The Bertz CT molecular complexity index is 1150. The number of rotatable bonds is 5. The lowest BCUT2D eigenvalue weighted by molar-refractivity contribution is 0.106. The van der Waals surface area contributed by atoms with Crippen molar-refractivity contribution in [1.82, 2.24) is 39.3 Å². The van der Waals surface area contributed by atoms with Crippen LogP contribution in [-0.2, 0) is 11.3 Å². The molecule has 3 aromatic heterocycles. The summed E-state index contributed by atoms with van der Waals surface area (Å²) in [5.74, 6) is 2.16. The molecular formula is C22H29N9O2. The van der Waals surface area contributed by atoms with Gasteiger partial charge in [-0.1, -0.05) is 0 Å². The van der Waals surface area contributed by atoms with E-state index in [2.05, 4.69) is 32.2 Å². The summed E-state index contributed by atoms with van der Waals surface area (Å²) in [5.41, 5.74) is 2.31. The average molecular weight is 452 g/mol. The van der Waals surface area contributed by atoms with Crippen LogP contribution in [0.1, 0.15) is 25.6 Å². The molecule has 2 amide bonds. The first-order chi connectivity index (χ1) is 16.1. The third-order valence-electron chi connectivity index (χ3n) is 6.44. The van der Waals surface area contributed by atoms with Crippen LogP contribution >= 0.6 is 0 Å². The van der Waals surface area contributed by atoms with Crippen LogP contribution in [0.4, 0.5) is 10.6 Å². The maximum atomic E-state index is 12.9. The molecule has 0 spiro atoms. The lowest BCUT2D eigenvalue weighted by Crippen LogP contribution is -2.42. The Labute approximate surface area is 192 Å². The SMILES string of the molecule is CCn1c(-c2cnc(C)nc2)nc2c(N[C@H]3CCN(C(=O)N4CC[C@H](OC)C4)C3)ncnc21. The summed E-state index contributed by atoms with van der Waals surface area (Å²) < 4.78 is 7.44. The molecule has 5 rings (SSSR count). The Hall–Kier alpha value is -3.34. The van der Waals surface area contributed by atoms with E-state index in [-0.39, 0.29) is 18.2 Å². The van der Waals surface area contributed by atoms with Crippen molar-refractivity contribution in [2.45, 2.75) is 45.4 Å². The normalized spacial score (nSPS) is 20.7. The van der Waals surface area contributed by atoms with Crippen molar-refractivity contribution >= 4 is 23.0 Å². The van der Waals surface area contributed by atoms with Crippen molar-refractivity contribution in [3.8, 4) is 11.4 Å². The second-order valence-corrected chi connectivity index (χ2v) is 8.54. The van der Waals surface area contributed by atoms with Crippen molar-refractivity contribution in [2.75, 3.05) is 38.6 Å². The Morgan fingerprint density at radius 1 is 1.12 bits per heavy atom. The number of carbonyl (C=O) groups excluding carboxylic acids is 1. The fourth-order valence-electron chi connectivity index (χ4n) is 4.61. The zero-order valence-electron chi connectivity index (χ0n) is 19.2. The highest BCUT2D eigenvalue weighted by atomic mass is 16.5. The van der Waals surface area contributed by atoms with Gasteiger partial charge in [0.15, 0.2) is 17.0 Å². The number of amides is 2. The first-order valence-corrected chi connectivity index (χ1v) is 11.4. The minimum absolute atomic E-state index is 0.0867. The van der Waals surface area contributed by atoms with E-state index in [1.165, 1.54) is 0 Å². The number of hydrogen-bond donors (Lipinski definition) is 1. The van der Waals surface area contributed by atoms with Crippen LogP contribution in [0.5, 0.6) is 0 Å². The number of imidazole rings is 1. The maximum Gasteiger partial charge on any atom is 0.320 e. The number of likely N-dealkylation sites (tertiary alicyclic amines) is 2. The molecule has 11 nitrogen and oxygen atoms in total. The van der Waals surface area contributed by atoms with Gasteiger partial charge in [0.2, 0.25) is 0 Å². The van der Waals surface area contributed by atoms with Gasteiger partial charge in [0, 0.05) is 58.3 Å². The van der Waals surface area contributed by atoms with Crippen LogP contribution in [0.2, 0.25) is 0 Å². The molecule has 0 unspecified atom stereocenters. The van der Waals surface area contributed by atoms with Gasteiger partial charge in [-0.25, -0.2) is 29.7 Å². The highest BCUT2D eigenvalue weighted by molar-refractivity contribution is 5.86. The lowest BCUT2D eigenvalue weighted by atomic mass is 10.2. The number of carbonyl (C=O) groups is 1. The van der Waals surface area contributed by atoms with Gasteiger partial charge in [0.05, 0.1) is 11.7 Å². The Balaban J connectivity index is 1.34. The molecule has 2 aliphatic rings. The van der Waals surface area contributed by atoms with E-state index >= 15 is 0 Å². The van der Waals surface area contributed by atoms with Crippen molar-refractivity contribution in [1.29, 1.82) is 0 Å². The van der Waals surface area contributed by atoms with Crippen molar-refractivity contribution in [3.63, 3.8) is 0 Å². The molecule has 0 aliphatic carbocycles. The summed E-state index contributed by atoms with van der Waals surface area (Å²) in [7, 11) is 1.70. The van der Waals surface area contributed by atoms with E-state index in [9.17, 15) is 4.79 Å². The number of fused-ring (bicyclic) bond motifs is 1. The number of ether oxygens (including phenoxy) is 1. The van der Waals surface area contributed by atoms with Gasteiger partial charge in [-0.15, -0.1) is 0 Å². The molecule has 2 saturated heterocycles. The van der Waals surface area contributed by atoms with Crippen LogP contribution in [-0.4, -0.2) is 90.8 Å². The van der Waals surface area contributed by atoms with Crippen molar-refractivity contribution < 1.29 is 9.53 Å². The number of hydrogen-bond acceptors (Lipinski definition) is 8. The minimum Gasteiger partial charge on any atom is -0.380 e. The largest absolute Gasteiger partial charge is 0.380 e. The van der Waals surface area contributed by atoms with Crippen molar-refractivity contribution in [2.24, 2.45) is 0 Å². The number of aromatic nitrogens is 6. The summed E-state index contributed by atoms with van der Waals surface area (Å²) >= 11 is 0. The molecule has 5 heterocycles. The zero-order chi connectivity index (χ0) is 22.9. The van der Waals surface area contributed by atoms with Gasteiger partial charge < -0.3 is 24.4 Å². The third-order valence-corrected chi connectivity index (χ3v) is 6.44. The molecule has 2 fully saturated rings. The molecule has 33 heavy (non-hydrogen) atoms. The molecule has 2 atom stereocenters. The second-order valence-electron chi connectivity index (χ2n) is 8.54. The monoisotopic (exact) mass is 451 g/mol. The highest BCUT2D eigenvalue weighted by Gasteiger charge is 2.33. The summed E-state index contributed by atoms with van der Waals surface area (Å²) in [4.78, 5) is 39.1. The van der Waals surface area contributed by atoms with E-state index in [1.54, 1.807) is 25.8 Å². The van der Waals surface area contributed by atoms with Gasteiger partial charge in [0.25, 0.3) is 0 Å². The Kier molecular flexibility index (Phi) is 5.79. The topological polar surface area (TPSA) is 114 Å². The molecule has 0 aromatic carbocycles. The number of nitrogens with zero attached hydrogens (tertiary/aromatic N) is 8. The van der Waals surface area contributed by atoms with Gasteiger partial charge >= 0.3 is 6.03 Å². The summed E-state index contributed by atoms with van der Waals surface area (Å²) in [6, 6.07) is 0.189. The van der Waals surface area contributed by atoms with Crippen LogP contribution in [0.15, 0.2) is 18.7 Å². The fraction of sp³-hybridized carbons (Fsp3) is 0.545. The number of methoxy groups -OCH3 is 1. The average Bonchev–Trinajstić information content (AvgIpc) is 3.57. The van der Waals surface area contributed by atoms with E-state index in [1.807, 2.05) is 21.3 Å². The molecule has 0 bridgehead atoms.